The minimum Gasteiger partial charge on any atom is -0.398 e. The normalized spacial score (nSPS) is 10.9. The largest absolute Gasteiger partial charge is 0.398 e. The third-order valence-electron chi connectivity index (χ3n) is 2.60. The zero-order valence-electron chi connectivity index (χ0n) is 10.5. The average molecular weight is 309 g/mol. The van der Waals surface area contributed by atoms with E-state index in [0.717, 1.165) is 36.4 Å². The Kier molecular flexibility index (Phi) is 3.78. The summed E-state index contributed by atoms with van der Waals surface area (Å²) in [5.74, 6) is -1.43. The highest BCUT2D eigenvalue weighted by Crippen LogP contribution is 2.23. The Balaban J connectivity index is 2.40. The second-order valence-corrected chi connectivity index (χ2v) is 5.74. The van der Waals surface area contributed by atoms with Crippen LogP contribution >= 0.6 is 0 Å². The van der Waals surface area contributed by atoms with E-state index in [0.29, 0.717) is 0 Å². The van der Waals surface area contributed by atoms with Crippen LogP contribution in [0.5, 0.6) is 0 Å². The molecule has 0 aromatic heterocycles. The van der Waals surface area contributed by atoms with E-state index in [1.165, 1.54) is 0 Å². The number of nitrogens with two attached hydrogens (primary N) is 1. The molecule has 5 nitrogen and oxygen atoms in total. The first kappa shape index (κ1) is 14.7. The molecular weight excluding hydrogens is 300 g/mol. The number of nitrogens with zero attached hydrogens (tertiary/aromatic N) is 1. The molecule has 0 atom stereocenters. The van der Waals surface area contributed by atoms with Crippen molar-refractivity contribution >= 4 is 21.4 Å². The van der Waals surface area contributed by atoms with Crippen molar-refractivity contribution in [2.75, 3.05) is 10.5 Å². The van der Waals surface area contributed by atoms with Gasteiger partial charge in [0.05, 0.1) is 16.9 Å². The first-order valence-electron chi connectivity index (χ1n) is 5.61. The number of hydrogen-bond donors (Lipinski definition) is 2. The van der Waals surface area contributed by atoms with E-state index in [2.05, 4.69) is 4.72 Å². The van der Waals surface area contributed by atoms with Crippen molar-refractivity contribution in [2.45, 2.75) is 4.90 Å². The van der Waals surface area contributed by atoms with Crippen LogP contribution in [0.1, 0.15) is 5.56 Å². The molecule has 0 bridgehead atoms. The van der Waals surface area contributed by atoms with E-state index in [1.54, 1.807) is 6.07 Å². The summed E-state index contributed by atoms with van der Waals surface area (Å²) in [7, 11) is -4.07. The van der Waals surface area contributed by atoms with E-state index in [1.807, 2.05) is 0 Å². The summed E-state index contributed by atoms with van der Waals surface area (Å²) in [6.07, 6.45) is 0. The number of benzene rings is 2. The summed E-state index contributed by atoms with van der Waals surface area (Å²) in [4.78, 5) is -0.313. The Bertz CT molecular complexity index is 845. The molecule has 0 saturated carbocycles. The van der Waals surface area contributed by atoms with E-state index < -0.39 is 21.7 Å². The lowest BCUT2D eigenvalue weighted by atomic mass is 10.2. The molecule has 0 aliphatic heterocycles. The summed E-state index contributed by atoms with van der Waals surface area (Å²) < 4.78 is 52.5. The predicted octanol–water partition coefficient (Wildman–Crippen LogP) is 2.22. The van der Waals surface area contributed by atoms with Gasteiger partial charge in [-0.1, -0.05) is 0 Å². The highest BCUT2D eigenvalue weighted by molar-refractivity contribution is 7.92. The van der Waals surface area contributed by atoms with Gasteiger partial charge in [0.1, 0.15) is 22.6 Å². The van der Waals surface area contributed by atoms with Gasteiger partial charge in [-0.15, -0.1) is 0 Å². The molecule has 3 N–H and O–H groups in total. The number of nitriles is 1. The van der Waals surface area contributed by atoms with Gasteiger partial charge in [0, 0.05) is 0 Å². The molecule has 0 spiro atoms. The van der Waals surface area contributed by atoms with Crippen LogP contribution < -0.4 is 10.5 Å². The van der Waals surface area contributed by atoms with Crippen molar-refractivity contribution < 1.29 is 17.2 Å². The van der Waals surface area contributed by atoms with Crippen molar-refractivity contribution in [1.82, 2.24) is 0 Å². The number of hydrogen-bond acceptors (Lipinski definition) is 4. The molecule has 108 valence electrons. The molecule has 2 aromatic carbocycles. The van der Waals surface area contributed by atoms with Gasteiger partial charge >= 0.3 is 0 Å². The molecule has 0 saturated heterocycles. The monoisotopic (exact) mass is 309 g/mol. The molecule has 0 radical (unpaired) electrons. The van der Waals surface area contributed by atoms with Crippen molar-refractivity contribution in [1.29, 1.82) is 5.26 Å². The third kappa shape index (κ3) is 3.09. The summed E-state index contributed by atoms with van der Waals surface area (Å²) in [6, 6.07) is 7.61. The Morgan fingerprint density at radius 3 is 2.48 bits per heavy atom. The molecule has 0 fully saturated rings. The number of sulfonamides is 1. The van der Waals surface area contributed by atoms with Crippen molar-refractivity contribution in [2.24, 2.45) is 0 Å². The van der Waals surface area contributed by atoms with E-state index >= 15 is 0 Å². The van der Waals surface area contributed by atoms with Crippen LogP contribution in [0.25, 0.3) is 0 Å². The van der Waals surface area contributed by atoms with Crippen LogP contribution in [0.15, 0.2) is 41.3 Å². The van der Waals surface area contributed by atoms with Crippen molar-refractivity contribution in [3.63, 3.8) is 0 Å². The third-order valence-corrected chi connectivity index (χ3v) is 4.06. The maximum Gasteiger partial charge on any atom is 0.263 e. The zero-order valence-corrected chi connectivity index (χ0v) is 11.3. The van der Waals surface area contributed by atoms with E-state index in [9.17, 15) is 17.2 Å². The highest BCUT2D eigenvalue weighted by Gasteiger charge is 2.18. The zero-order chi connectivity index (χ0) is 15.6. The molecule has 0 unspecified atom stereocenters. The van der Waals surface area contributed by atoms with E-state index in [4.69, 9.17) is 11.0 Å². The lowest BCUT2D eigenvalue weighted by molar-refractivity contribution is 0.600. The first-order chi connectivity index (χ1) is 9.83. The fourth-order valence-electron chi connectivity index (χ4n) is 1.65. The lowest BCUT2D eigenvalue weighted by Gasteiger charge is -2.10. The number of rotatable bonds is 3. The maximum absolute atomic E-state index is 13.2. The molecule has 0 amide bonds. The van der Waals surface area contributed by atoms with Crippen LogP contribution in [0, 0.1) is 23.0 Å². The van der Waals surface area contributed by atoms with Gasteiger partial charge in [-0.2, -0.15) is 5.26 Å². The van der Waals surface area contributed by atoms with Crippen molar-refractivity contribution in [3.05, 3.63) is 53.6 Å². The van der Waals surface area contributed by atoms with Gasteiger partial charge in [-0.3, -0.25) is 4.72 Å². The Morgan fingerprint density at radius 1 is 1.14 bits per heavy atom. The molecular formula is C13H9F2N3O2S. The smallest absolute Gasteiger partial charge is 0.263 e. The summed E-state index contributed by atoms with van der Waals surface area (Å²) in [5, 5.41) is 8.70. The number of anilines is 2. The molecule has 8 heteroatoms. The fraction of sp³-hybridized carbons (Fsp3) is 0. The lowest BCUT2D eigenvalue weighted by Crippen LogP contribution is -2.15. The molecule has 2 rings (SSSR count). The topological polar surface area (TPSA) is 96.0 Å². The number of nitrogen functional groups attached to an aromatic ring is 1. The fourth-order valence-corrected chi connectivity index (χ4v) is 2.81. The van der Waals surface area contributed by atoms with Crippen LogP contribution in [-0.2, 0) is 10.0 Å². The van der Waals surface area contributed by atoms with Gasteiger partial charge < -0.3 is 5.73 Å². The molecule has 0 aliphatic carbocycles. The summed E-state index contributed by atoms with van der Waals surface area (Å²) in [6.45, 7) is 0. The molecule has 21 heavy (non-hydrogen) atoms. The second kappa shape index (κ2) is 5.38. The number of nitrogens with one attached hydrogen (secondary N) is 1. The Morgan fingerprint density at radius 2 is 1.86 bits per heavy atom. The summed E-state index contributed by atoms with van der Waals surface area (Å²) in [5.41, 5.74) is 4.90. The predicted molar refractivity (Wildman–Crippen MR) is 72.7 cm³/mol. The molecule has 0 heterocycles. The van der Waals surface area contributed by atoms with Crippen LogP contribution in [-0.4, -0.2) is 8.42 Å². The van der Waals surface area contributed by atoms with Crippen LogP contribution in [0.3, 0.4) is 0 Å². The van der Waals surface area contributed by atoms with Gasteiger partial charge in [0.2, 0.25) is 0 Å². The Labute approximate surface area is 119 Å². The number of halogens is 2. The average Bonchev–Trinajstić information content (AvgIpc) is 2.40. The van der Waals surface area contributed by atoms with Crippen LogP contribution in [0.4, 0.5) is 20.2 Å². The standard InChI is InChI=1S/C13H9F2N3O2S/c14-9-1-4-13(12(17)6-9)21(19,20)18-10-2-3-11(15)8(5-10)7-16/h1-6,18H,17H2. The maximum atomic E-state index is 13.2. The summed E-state index contributed by atoms with van der Waals surface area (Å²) >= 11 is 0. The highest BCUT2D eigenvalue weighted by atomic mass is 32.2. The van der Waals surface area contributed by atoms with Gasteiger partial charge in [-0.25, -0.2) is 17.2 Å². The SMILES string of the molecule is N#Cc1cc(NS(=O)(=O)c2ccc(F)cc2N)ccc1F. The van der Waals surface area contributed by atoms with Crippen LogP contribution in [0.2, 0.25) is 0 Å². The minimum atomic E-state index is -4.07. The first-order valence-corrected chi connectivity index (χ1v) is 7.09. The van der Waals surface area contributed by atoms with E-state index in [-0.39, 0.29) is 21.8 Å². The quantitative estimate of drug-likeness (QED) is 0.850. The second-order valence-electron chi connectivity index (χ2n) is 4.09. The van der Waals surface area contributed by atoms with Crippen molar-refractivity contribution in [3.8, 4) is 6.07 Å². The Hall–Kier alpha value is -2.66. The van der Waals surface area contributed by atoms with Gasteiger partial charge in [0.15, 0.2) is 0 Å². The van der Waals surface area contributed by atoms with Gasteiger partial charge in [-0.05, 0) is 36.4 Å². The minimum absolute atomic E-state index is 0.00308. The van der Waals surface area contributed by atoms with Gasteiger partial charge in [0.25, 0.3) is 10.0 Å². The molecule has 2 aromatic rings. The molecule has 0 aliphatic rings.